The average Bonchev–Trinajstić information content (AvgIpc) is 2.94. The maximum Gasteiger partial charge on any atom is 0.134 e. The van der Waals surface area contributed by atoms with Crippen molar-refractivity contribution in [2.24, 2.45) is 0 Å². The van der Waals surface area contributed by atoms with E-state index in [-0.39, 0.29) is 0 Å². The molecule has 0 bridgehead atoms. The molecule has 2 aromatic rings. The molecular formula is C17H22BrNO2. The molecule has 1 aromatic heterocycles. The van der Waals surface area contributed by atoms with Gasteiger partial charge in [0.1, 0.15) is 11.5 Å². The Morgan fingerprint density at radius 1 is 1.24 bits per heavy atom. The second kappa shape index (κ2) is 8.37. The summed E-state index contributed by atoms with van der Waals surface area (Å²) in [5.41, 5.74) is 2.32. The molecule has 1 heterocycles. The van der Waals surface area contributed by atoms with E-state index in [4.69, 9.17) is 9.15 Å². The molecule has 1 N–H and O–H groups in total. The molecule has 114 valence electrons. The summed E-state index contributed by atoms with van der Waals surface area (Å²) in [5.74, 6) is 1.87. The van der Waals surface area contributed by atoms with Gasteiger partial charge >= 0.3 is 0 Å². The Kier molecular flexibility index (Phi) is 6.49. The van der Waals surface area contributed by atoms with Crippen molar-refractivity contribution >= 4 is 15.9 Å². The third kappa shape index (κ3) is 4.99. The van der Waals surface area contributed by atoms with Gasteiger partial charge in [-0.05, 0) is 56.6 Å². The molecule has 2 rings (SSSR count). The van der Waals surface area contributed by atoms with Gasteiger partial charge < -0.3 is 14.5 Å². The van der Waals surface area contributed by atoms with Crippen molar-refractivity contribution in [3.8, 4) is 11.3 Å². The first-order valence-electron chi connectivity index (χ1n) is 7.34. The largest absolute Gasteiger partial charge is 0.460 e. The molecule has 0 fully saturated rings. The molecule has 0 amide bonds. The summed E-state index contributed by atoms with van der Waals surface area (Å²) in [7, 11) is 0. The van der Waals surface area contributed by atoms with Crippen LogP contribution < -0.4 is 5.32 Å². The topological polar surface area (TPSA) is 34.4 Å². The predicted octanol–water partition coefficient (Wildman–Crippen LogP) is 4.53. The number of rotatable bonds is 8. The molecule has 21 heavy (non-hydrogen) atoms. The van der Waals surface area contributed by atoms with Gasteiger partial charge in [-0.25, -0.2) is 0 Å². The number of hydrogen-bond acceptors (Lipinski definition) is 3. The van der Waals surface area contributed by atoms with Crippen LogP contribution in [0.2, 0.25) is 0 Å². The fourth-order valence-corrected chi connectivity index (χ4v) is 2.33. The summed E-state index contributed by atoms with van der Waals surface area (Å²) >= 11 is 3.52. The SMILES string of the molecule is CCOCCCNCc1ccc(-c2ccc(Br)c(C)c2)o1. The molecule has 0 saturated carbocycles. The van der Waals surface area contributed by atoms with Gasteiger partial charge in [-0.1, -0.05) is 22.0 Å². The van der Waals surface area contributed by atoms with Gasteiger partial charge in [-0.2, -0.15) is 0 Å². The van der Waals surface area contributed by atoms with Gasteiger partial charge in [-0.3, -0.25) is 0 Å². The number of aryl methyl sites for hydroxylation is 1. The van der Waals surface area contributed by atoms with E-state index in [1.165, 1.54) is 5.56 Å². The van der Waals surface area contributed by atoms with Crippen LogP contribution in [0.3, 0.4) is 0 Å². The van der Waals surface area contributed by atoms with E-state index >= 15 is 0 Å². The molecule has 0 aliphatic carbocycles. The highest BCUT2D eigenvalue weighted by Crippen LogP contribution is 2.26. The second-order valence-electron chi connectivity index (χ2n) is 4.96. The number of hydrogen-bond donors (Lipinski definition) is 1. The third-order valence-electron chi connectivity index (χ3n) is 3.25. The molecule has 0 atom stereocenters. The maximum absolute atomic E-state index is 5.88. The average molecular weight is 352 g/mol. The smallest absolute Gasteiger partial charge is 0.134 e. The van der Waals surface area contributed by atoms with Crippen molar-refractivity contribution in [3.63, 3.8) is 0 Å². The van der Waals surface area contributed by atoms with E-state index < -0.39 is 0 Å². The van der Waals surface area contributed by atoms with E-state index in [1.807, 2.05) is 19.1 Å². The van der Waals surface area contributed by atoms with Gasteiger partial charge in [0.05, 0.1) is 6.54 Å². The fourth-order valence-electron chi connectivity index (χ4n) is 2.08. The quantitative estimate of drug-likeness (QED) is 0.709. The number of furan rings is 1. The molecular weight excluding hydrogens is 330 g/mol. The van der Waals surface area contributed by atoms with Crippen molar-refractivity contribution in [1.29, 1.82) is 0 Å². The molecule has 1 aromatic carbocycles. The molecule has 0 saturated heterocycles. The van der Waals surface area contributed by atoms with E-state index in [0.717, 1.165) is 54.3 Å². The molecule has 0 unspecified atom stereocenters. The van der Waals surface area contributed by atoms with Gasteiger partial charge in [-0.15, -0.1) is 0 Å². The Hall–Kier alpha value is -1.10. The van der Waals surface area contributed by atoms with Crippen LogP contribution in [-0.4, -0.2) is 19.8 Å². The van der Waals surface area contributed by atoms with Crippen LogP contribution in [0, 0.1) is 6.92 Å². The fraction of sp³-hybridized carbons (Fsp3) is 0.412. The van der Waals surface area contributed by atoms with E-state index in [9.17, 15) is 0 Å². The lowest BCUT2D eigenvalue weighted by Gasteiger charge is -2.04. The lowest BCUT2D eigenvalue weighted by atomic mass is 10.1. The molecule has 0 radical (unpaired) electrons. The minimum absolute atomic E-state index is 0.752. The third-order valence-corrected chi connectivity index (χ3v) is 4.14. The Balaban J connectivity index is 1.85. The van der Waals surface area contributed by atoms with Crippen LogP contribution in [0.4, 0.5) is 0 Å². The highest BCUT2D eigenvalue weighted by Gasteiger charge is 2.06. The van der Waals surface area contributed by atoms with Crippen LogP contribution in [0.1, 0.15) is 24.7 Å². The zero-order valence-electron chi connectivity index (χ0n) is 12.6. The van der Waals surface area contributed by atoms with Crippen molar-refractivity contribution in [3.05, 3.63) is 46.1 Å². The van der Waals surface area contributed by atoms with E-state index in [0.29, 0.717) is 0 Å². The molecule has 0 aliphatic rings. The van der Waals surface area contributed by atoms with Crippen LogP contribution in [0.25, 0.3) is 11.3 Å². The Morgan fingerprint density at radius 3 is 2.86 bits per heavy atom. The highest BCUT2D eigenvalue weighted by atomic mass is 79.9. The summed E-state index contributed by atoms with van der Waals surface area (Å²) in [6, 6.07) is 10.3. The first-order chi connectivity index (χ1) is 10.2. The minimum atomic E-state index is 0.752. The van der Waals surface area contributed by atoms with Crippen molar-refractivity contribution < 1.29 is 9.15 Å². The Morgan fingerprint density at radius 2 is 2.10 bits per heavy atom. The van der Waals surface area contributed by atoms with Gasteiger partial charge in [0.25, 0.3) is 0 Å². The number of benzene rings is 1. The van der Waals surface area contributed by atoms with Gasteiger partial charge in [0.15, 0.2) is 0 Å². The maximum atomic E-state index is 5.88. The summed E-state index contributed by atoms with van der Waals surface area (Å²) in [5, 5.41) is 3.36. The number of ether oxygens (including phenoxy) is 1. The standard InChI is InChI=1S/C17H22BrNO2/c1-3-20-10-4-9-19-12-15-6-8-17(21-15)14-5-7-16(18)13(2)11-14/h5-8,11,19H,3-4,9-10,12H2,1-2H3. The van der Waals surface area contributed by atoms with Crippen molar-refractivity contribution in [1.82, 2.24) is 5.32 Å². The van der Waals surface area contributed by atoms with Crippen molar-refractivity contribution in [2.75, 3.05) is 19.8 Å². The number of nitrogens with one attached hydrogen (secondary N) is 1. The van der Waals surface area contributed by atoms with Crippen LogP contribution in [-0.2, 0) is 11.3 Å². The molecule has 0 aliphatic heterocycles. The summed E-state index contributed by atoms with van der Waals surface area (Å²) in [6.07, 6.45) is 1.02. The monoisotopic (exact) mass is 351 g/mol. The molecule has 3 nitrogen and oxygen atoms in total. The first-order valence-corrected chi connectivity index (χ1v) is 8.13. The first kappa shape index (κ1) is 16.3. The lowest BCUT2D eigenvalue weighted by molar-refractivity contribution is 0.144. The summed E-state index contributed by atoms with van der Waals surface area (Å²) in [6.45, 7) is 7.38. The highest BCUT2D eigenvalue weighted by molar-refractivity contribution is 9.10. The number of halogens is 1. The summed E-state index contributed by atoms with van der Waals surface area (Å²) < 4.78 is 12.3. The lowest BCUT2D eigenvalue weighted by Crippen LogP contribution is -2.15. The van der Waals surface area contributed by atoms with Gasteiger partial charge in [0, 0.05) is 23.2 Å². The van der Waals surface area contributed by atoms with Gasteiger partial charge in [0.2, 0.25) is 0 Å². The Bertz CT molecular complexity index is 566. The zero-order chi connectivity index (χ0) is 15.1. The molecule has 4 heteroatoms. The normalized spacial score (nSPS) is 11.0. The van der Waals surface area contributed by atoms with E-state index in [2.05, 4.69) is 46.4 Å². The van der Waals surface area contributed by atoms with Crippen molar-refractivity contribution in [2.45, 2.75) is 26.8 Å². The Labute approximate surface area is 134 Å². The van der Waals surface area contributed by atoms with Crippen LogP contribution in [0.5, 0.6) is 0 Å². The predicted molar refractivity (Wildman–Crippen MR) is 89.4 cm³/mol. The zero-order valence-corrected chi connectivity index (χ0v) is 14.2. The molecule has 0 spiro atoms. The second-order valence-corrected chi connectivity index (χ2v) is 5.81. The summed E-state index contributed by atoms with van der Waals surface area (Å²) in [4.78, 5) is 0. The van der Waals surface area contributed by atoms with Crippen LogP contribution >= 0.6 is 15.9 Å². The minimum Gasteiger partial charge on any atom is -0.460 e. The van der Waals surface area contributed by atoms with Crippen LogP contribution in [0.15, 0.2) is 39.2 Å². The van der Waals surface area contributed by atoms with E-state index in [1.54, 1.807) is 0 Å².